The molecule has 0 aliphatic heterocycles. The Morgan fingerprint density at radius 1 is 1.14 bits per heavy atom. The summed E-state index contributed by atoms with van der Waals surface area (Å²) in [4.78, 5) is 12.2. The fourth-order valence-electron chi connectivity index (χ4n) is 2.19. The lowest BCUT2D eigenvalue weighted by Crippen LogP contribution is -2.11. The van der Waals surface area contributed by atoms with Gasteiger partial charge in [-0.3, -0.25) is 4.79 Å². The van der Waals surface area contributed by atoms with Gasteiger partial charge in [-0.1, -0.05) is 44.2 Å². The standard InChI is InChI=1S/C19H22O2/c1-4-14(2)19(20)18-11-10-17(12-15(18)3)21-13-16-8-6-5-7-9-16/h5-12,14H,4,13H2,1-3H3. The minimum Gasteiger partial charge on any atom is -0.489 e. The predicted molar refractivity (Wildman–Crippen MR) is 85.7 cm³/mol. The third-order valence-corrected chi connectivity index (χ3v) is 3.77. The highest BCUT2D eigenvalue weighted by Gasteiger charge is 2.15. The number of benzene rings is 2. The van der Waals surface area contributed by atoms with Crippen LogP contribution < -0.4 is 4.74 Å². The molecule has 2 aromatic carbocycles. The number of Topliss-reactive ketones (excluding diaryl/α,β-unsaturated/α-hetero) is 1. The third kappa shape index (κ3) is 3.94. The summed E-state index contributed by atoms with van der Waals surface area (Å²) in [6, 6.07) is 15.8. The number of aryl methyl sites for hydroxylation is 1. The van der Waals surface area contributed by atoms with E-state index in [0.29, 0.717) is 6.61 Å². The van der Waals surface area contributed by atoms with Gasteiger partial charge in [0.15, 0.2) is 5.78 Å². The Bertz CT molecular complexity index is 602. The number of hydrogen-bond donors (Lipinski definition) is 0. The van der Waals surface area contributed by atoms with E-state index in [4.69, 9.17) is 4.74 Å². The summed E-state index contributed by atoms with van der Waals surface area (Å²) in [6.07, 6.45) is 0.866. The maximum atomic E-state index is 12.2. The third-order valence-electron chi connectivity index (χ3n) is 3.77. The lowest BCUT2D eigenvalue weighted by Gasteiger charge is -2.12. The molecule has 0 aromatic heterocycles. The van der Waals surface area contributed by atoms with Crippen LogP contribution in [-0.2, 0) is 6.61 Å². The van der Waals surface area contributed by atoms with E-state index >= 15 is 0 Å². The van der Waals surface area contributed by atoms with Gasteiger partial charge in [0.1, 0.15) is 12.4 Å². The average Bonchev–Trinajstić information content (AvgIpc) is 2.52. The van der Waals surface area contributed by atoms with E-state index in [1.165, 1.54) is 0 Å². The second-order valence-corrected chi connectivity index (χ2v) is 5.42. The van der Waals surface area contributed by atoms with E-state index in [-0.39, 0.29) is 11.7 Å². The first kappa shape index (κ1) is 15.3. The molecule has 2 heteroatoms. The molecule has 2 rings (SSSR count). The monoisotopic (exact) mass is 282 g/mol. The predicted octanol–water partition coefficient (Wildman–Crippen LogP) is 4.80. The first-order valence-corrected chi connectivity index (χ1v) is 7.43. The van der Waals surface area contributed by atoms with Crippen LogP contribution in [0.3, 0.4) is 0 Å². The Morgan fingerprint density at radius 2 is 1.86 bits per heavy atom. The lowest BCUT2D eigenvalue weighted by atomic mass is 9.94. The minimum atomic E-state index is 0.0692. The summed E-state index contributed by atoms with van der Waals surface area (Å²) >= 11 is 0. The van der Waals surface area contributed by atoms with E-state index in [1.807, 2.05) is 69.3 Å². The van der Waals surface area contributed by atoms with Crippen LogP contribution in [0.1, 0.15) is 41.8 Å². The van der Waals surface area contributed by atoms with E-state index in [9.17, 15) is 4.79 Å². The van der Waals surface area contributed by atoms with Crippen LogP contribution >= 0.6 is 0 Å². The molecule has 0 fully saturated rings. The number of rotatable bonds is 6. The average molecular weight is 282 g/mol. The quantitative estimate of drug-likeness (QED) is 0.711. The van der Waals surface area contributed by atoms with Crippen LogP contribution in [0.25, 0.3) is 0 Å². The minimum absolute atomic E-state index is 0.0692. The number of ketones is 1. The molecule has 0 amide bonds. The van der Waals surface area contributed by atoms with E-state index in [2.05, 4.69) is 0 Å². The van der Waals surface area contributed by atoms with Gasteiger partial charge in [0.2, 0.25) is 0 Å². The van der Waals surface area contributed by atoms with Gasteiger partial charge >= 0.3 is 0 Å². The largest absolute Gasteiger partial charge is 0.489 e. The summed E-state index contributed by atoms with van der Waals surface area (Å²) in [5, 5.41) is 0. The maximum Gasteiger partial charge on any atom is 0.165 e. The van der Waals surface area contributed by atoms with Gasteiger partial charge in [0, 0.05) is 11.5 Å². The van der Waals surface area contributed by atoms with Gasteiger partial charge in [-0.15, -0.1) is 0 Å². The second-order valence-electron chi connectivity index (χ2n) is 5.42. The smallest absolute Gasteiger partial charge is 0.165 e. The lowest BCUT2D eigenvalue weighted by molar-refractivity contribution is 0.0926. The van der Waals surface area contributed by atoms with Crippen molar-refractivity contribution in [2.75, 3.05) is 0 Å². The molecule has 0 aliphatic carbocycles. The van der Waals surface area contributed by atoms with E-state index in [1.54, 1.807) is 0 Å². The molecule has 0 aliphatic rings. The molecular weight excluding hydrogens is 260 g/mol. The van der Waals surface area contributed by atoms with Gasteiger partial charge in [0.25, 0.3) is 0 Å². The Labute approximate surface area is 126 Å². The number of carbonyl (C=O) groups excluding carboxylic acids is 1. The Morgan fingerprint density at radius 3 is 2.48 bits per heavy atom. The highest BCUT2D eigenvalue weighted by atomic mass is 16.5. The number of carbonyl (C=O) groups is 1. The van der Waals surface area contributed by atoms with Crippen molar-refractivity contribution in [1.29, 1.82) is 0 Å². The molecule has 110 valence electrons. The van der Waals surface area contributed by atoms with Gasteiger partial charge in [-0.05, 0) is 42.7 Å². The van der Waals surface area contributed by atoms with Crippen molar-refractivity contribution in [2.45, 2.75) is 33.8 Å². The molecule has 1 atom stereocenters. The van der Waals surface area contributed by atoms with Crippen molar-refractivity contribution in [3.05, 3.63) is 65.2 Å². The Balaban J connectivity index is 2.07. The summed E-state index contributed by atoms with van der Waals surface area (Å²) < 4.78 is 5.78. The number of hydrogen-bond acceptors (Lipinski definition) is 2. The van der Waals surface area contributed by atoms with E-state index in [0.717, 1.165) is 28.9 Å². The van der Waals surface area contributed by atoms with Crippen LogP contribution in [0.2, 0.25) is 0 Å². The summed E-state index contributed by atoms with van der Waals surface area (Å²) in [5.41, 5.74) is 2.91. The van der Waals surface area contributed by atoms with Crippen LogP contribution in [0, 0.1) is 12.8 Å². The molecule has 0 heterocycles. The van der Waals surface area contributed by atoms with Crippen molar-refractivity contribution in [3.63, 3.8) is 0 Å². The van der Waals surface area contributed by atoms with Crippen LogP contribution in [0.4, 0.5) is 0 Å². The second kappa shape index (κ2) is 7.07. The molecular formula is C19H22O2. The van der Waals surface area contributed by atoms with Gasteiger partial charge in [-0.25, -0.2) is 0 Å². The van der Waals surface area contributed by atoms with Crippen LogP contribution in [-0.4, -0.2) is 5.78 Å². The van der Waals surface area contributed by atoms with Gasteiger partial charge < -0.3 is 4.74 Å². The Hall–Kier alpha value is -2.09. The van der Waals surface area contributed by atoms with Crippen molar-refractivity contribution < 1.29 is 9.53 Å². The zero-order valence-electron chi connectivity index (χ0n) is 12.9. The molecule has 0 saturated heterocycles. The van der Waals surface area contributed by atoms with Crippen molar-refractivity contribution in [1.82, 2.24) is 0 Å². The van der Waals surface area contributed by atoms with Crippen molar-refractivity contribution >= 4 is 5.78 Å². The molecule has 1 unspecified atom stereocenters. The first-order chi connectivity index (χ1) is 10.1. The fraction of sp³-hybridized carbons (Fsp3) is 0.316. The molecule has 0 N–H and O–H groups in total. The van der Waals surface area contributed by atoms with Crippen LogP contribution in [0.15, 0.2) is 48.5 Å². The first-order valence-electron chi connectivity index (χ1n) is 7.43. The summed E-state index contributed by atoms with van der Waals surface area (Å²) in [5.74, 6) is 1.08. The topological polar surface area (TPSA) is 26.3 Å². The Kier molecular flexibility index (Phi) is 5.15. The molecule has 21 heavy (non-hydrogen) atoms. The molecule has 0 radical (unpaired) electrons. The normalized spacial score (nSPS) is 12.0. The van der Waals surface area contributed by atoms with Gasteiger partial charge in [-0.2, -0.15) is 0 Å². The van der Waals surface area contributed by atoms with Crippen LogP contribution in [0.5, 0.6) is 5.75 Å². The highest BCUT2D eigenvalue weighted by Crippen LogP contribution is 2.21. The SMILES string of the molecule is CCC(C)C(=O)c1ccc(OCc2ccccc2)cc1C. The zero-order chi connectivity index (χ0) is 15.2. The maximum absolute atomic E-state index is 12.2. The molecule has 0 spiro atoms. The highest BCUT2D eigenvalue weighted by molar-refractivity contribution is 5.99. The summed E-state index contributed by atoms with van der Waals surface area (Å²) in [7, 11) is 0. The summed E-state index contributed by atoms with van der Waals surface area (Å²) in [6.45, 7) is 6.51. The molecule has 0 saturated carbocycles. The molecule has 0 bridgehead atoms. The van der Waals surface area contributed by atoms with Crippen molar-refractivity contribution in [2.24, 2.45) is 5.92 Å². The van der Waals surface area contributed by atoms with Gasteiger partial charge in [0.05, 0.1) is 0 Å². The zero-order valence-corrected chi connectivity index (χ0v) is 12.9. The molecule has 2 nitrogen and oxygen atoms in total. The molecule has 2 aromatic rings. The van der Waals surface area contributed by atoms with Crippen molar-refractivity contribution in [3.8, 4) is 5.75 Å². The number of ether oxygens (including phenoxy) is 1. The van der Waals surface area contributed by atoms with E-state index < -0.39 is 0 Å². The fourth-order valence-corrected chi connectivity index (χ4v) is 2.19.